The first-order valence-electron chi connectivity index (χ1n) is 5.46. The Bertz CT molecular complexity index is 358. The summed E-state index contributed by atoms with van der Waals surface area (Å²) < 4.78 is 5.56. The molecule has 2 rings (SSSR count). The predicted octanol–water partition coefficient (Wildman–Crippen LogP) is 2.87. The second kappa shape index (κ2) is 3.69. The fourth-order valence-electron chi connectivity index (χ4n) is 2.25. The van der Waals surface area contributed by atoms with Crippen molar-refractivity contribution in [2.24, 2.45) is 5.92 Å². The molecule has 0 bridgehead atoms. The van der Waals surface area contributed by atoms with Crippen LogP contribution >= 0.6 is 0 Å². The van der Waals surface area contributed by atoms with Crippen molar-refractivity contribution < 1.29 is 9.53 Å². The van der Waals surface area contributed by atoms with E-state index in [0.717, 1.165) is 18.4 Å². The fourth-order valence-corrected chi connectivity index (χ4v) is 2.25. The maximum absolute atomic E-state index is 11.5. The van der Waals surface area contributed by atoms with Crippen LogP contribution in [0.4, 0.5) is 0 Å². The number of ether oxygens (including phenoxy) is 1. The Balaban J connectivity index is 2.36. The second-order valence-corrected chi connectivity index (χ2v) is 4.24. The van der Waals surface area contributed by atoms with Gasteiger partial charge in [0.2, 0.25) is 0 Å². The number of benzene rings is 1. The molecule has 2 atom stereocenters. The summed E-state index contributed by atoms with van der Waals surface area (Å²) in [6.07, 6.45) is 1.64. The molecule has 2 nitrogen and oxygen atoms in total. The average Bonchev–Trinajstić information content (AvgIpc) is 2.57. The molecule has 1 aliphatic rings. The molecule has 0 unspecified atom stereocenters. The Labute approximate surface area is 90.3 Å². The van der Waals surface area contributed by atoms with Gasteiger partial charge >= 0.3 is 5.97 Å². The fraction of sp³-hybridized carbons (Fsp3) is 0.462. The van der Waals surface area contributed by atoms with Crippen molar-refractivity contribution in [3.8, 4) is 0 Å². The van der Waals surface area contributed by atoms with E-state index in [0.29, 0.717) is 0 Å². The van der Waals surface area contributed by atoms with Gasteiger partial charge in [-0.15, -0.1) is 0 Å². The van der Waals surface area contributed by atoms with Crippen molar-refractivity contribution >= 4 is 5.97 Å². The lowest BCUT2D eigenvalue weighted by molar-refractivity contribution is -0.151. The van der Waals surface area contributed by atoms with Crippen molar-refractivity contribution in [2.45, 2.75) is 32.3 Å². The Kier molecular flexibility index (Phi) is 2.51. The minimum Gasteiger partial charge on any atom is -0.454 e. The van der Waals surface area contributed by atoms with Crippen molar-refractivity contribution in [3.63, 3.8) is 0 Å². The van der Waals surface area contributed by atoms with Gasteiger partial charge in [-0.1, -0.05) is 44.2 Å². The lowest BCUT2D eigenvalue weighted by Crippen LogP contribution is -2.24. The highest BCUT2D eigenvalue weighted by molar-refractivity contribution is 5.75. The second-order valence-electron chi connectivity index (χ2n) is 4.24. The molecule has 1 aromatic carbocycles. The van der Waals surface area contributed by atoms with E-state index in [2.05, 4.69) is 6.92 Å². The van der Waals surface area contributed by atoms with Gasteiger partial charge in [0.05, 0.1) is 5.92 Å². The first kappa shape index (κ1) is 10.2. The van der Waals surface area contributed by atoms with E-state index in [1.807, 2.05) is 37.3 Å². The lowest BCUT2D eigenvalue weighted by Gasteiger charge is -2.26. The van der Waals surface area contributed by atoms with Crippen molar-refractivity contribution in [1.29, 1.82) is 0 Å². The SMILES string of the molecule is CC[C@]1(c2ccccc2)C[C@@H](C)C(=O)O1. The summed E-state index contributed by atoms with van der Waals surface area (Å²) >= 11 is 0. The Hall–Kier alpha value is -1.31. The van der Waals surface area contributed by atoms with Gasteiger partial charge in [-0.2, -0.15) is 0 Å². The zero-order valence-corrected chi connectivity index (χ0v) is 9.19. The van der Waals surface area contributed by atoms with E-state index in [4.69, 9.17) is 4.74 Å². The molecule has 80 valence electrons. The highest BCUT2D eigenvalue weighted by Gasteiger charge is 2.44. The standard InChI is InChI=1S/C13H16O2/c1-3-13(9-10(2)12(14)15-13)11-7-5-4-6-8-11/h4-8,10H,3,9H2,1-2H3/t10-,13-/m1/s1. The quantitative estimate of drug-likeness (QED) is 0.692. The normalized spacial score (nSPS) is 30.3. The summed E-state index contributed by atoms with van der Waals surface area (Å²) in [7, 11) is 0. The van der Waals surface area contributed by atoms with E-state index in [1.165, 1.54) is 0 Å². The first-order valence-corrected chi connectivity index (χ1v) is 5.46. The summed E-state index contributed by atoms with van der Waals surface area (Å²) in [6.45, 7) is 4.00. The van der Waals surface area contributed by atoms with Crippen LogP contribution in [-0.4, -0.2) is 5.97 Å². The van der Waals surface area contributed by atoms with Gasteiger partial charge in [0, 0.05) is 6.42 Å². The number of hydrogen-bond acceptors (Lipinski definition) is 2. The third kappa shape index (κ3) is 1.65. The summed E-state index contributed by atoms with van der Waals surface area (Å²) in [4.78, 5) is 11.5. The molecule has 1 aromatic rings. The zero-order chi connectivity index (χ0) is 10.9. The minimum absolute atomic E-state index is 0.0187. The molecule has 1 saturated heterocycles. The highest BCUT2D eigenvalue weighted by Crippen LogP contribution is 2.42. The van der Waals surface area contributed by atoms with Crippen LogP contribution in [0.25, 0.3) is 0 Å². The van der Waals surface area contributed by atoms with E-state index in [-0.39, 0.29) is 17.5 Å². The first-order chi connectivity index (χ1) is 7.18. The van der Waals surface area contributed by atoms with Gasteiger partial charge in [0.25, 0.3) is 0 Å². The molecule has 0 aromatic heterocycles. The molecule has 15 heavy (non-hydrogen) atoms. The average molecular weight is 204 g/mol. The summed E-state index contributed by atoms with van der Waals surface area (Å²) in [5.74, 6) is -0.0501. The Morgan fingerprint density at radius 3 is 2.53 bits per heavy atom. The number of hydrogen-bond donors (Lipinski definition) is 0. The molecule has 0 aliphatic carbocycles. The zero-order valence-electron chi connectivity index (χ0n) is 9.19. The number of carbonyl (C=O) groups is 1. The maximum atomic E-state index is 11.5. The molecule has 1 aliphatic heterocycles. The van der Waals surface area contributed by atoms with Gasteiger partial charge in [-0.3, -0.25) is 4.79 Å². The summed E-state index contributed by atoms with van der Waals surface area (Å²) in [5.41, 5.74) is 0.739. The maximum Gasteiger partial charge on any atom is 0.309 e. The molecular weight excluding hydrogens is 188 g/mol. The van der Waals surface area contributed by atoms with Crippen LogP contribution in [0.15, 0.2) is 30.3 Å². The van der Waals surface area contributed by atoms with E-state index < -0.39 is 0 Å². The van der Waals surface area contributed by atoms with Gasteiger partial charge in [0.1, 0.15) is 5.60 Å². The molecular formula is C13H16O2. The smallest absolute Gasteiger partial charge is 0.309 e. The van der Waals surface area contributed by atoms with Crippen LogP contribution < -0.4 is 0 Å². The van der Waals surface area contributed by atoms with Crippen LogP contribution in [0.2, 0.25) is 0 Å². The van der Waals surface area contributed by atoms with Crippen LogP contribution in [-0.2, 0) is 15.1 Å². The van der Waals surface area contributed by atoms with Crippen LogP contribution in [0.5, 0.6) is 0 Å². The molecule has 0 amide bonds. The van der Waals surface area contributed by atoms with Gasteiger partial charge in [-0.25, -0.2) is 0 Å². The number of carbonyl (C=O) groups excluding carboxylic acids is 1. The highest BCUT2D eigenvalue weighted by atomic mass is 16.6. The molecule has 0 spiro atoms. The van der Waals surface area contributed by atoms with Crippen molar-refractivity contribution in [1.82, 2.24) is 0 Å². The third-order valence-corrected chi connectivity index (χ3v) is 3.21. The van der Waals surface area contributed by atoms with Crippen LogP contribution in [0.3, 0.4) is 0 Å². The number of esters is 1. The molecule has 0 radical (unpaired) electrons. The number of rotatable bonds is 2. The summed E-state index contributed by atoms with van der Waals surface area (Å²) in [6, 6.07) is 10.0. The minimum atomic E-state index is -0.377. The third-order valence-electron chi connectivity index (χ3n) is 3.21. The number of cyclic esters (lactones) is 1. The summed E-state index contributed by atoms with van der Waals surface area (Å²) in [5, 5.41) is 0. The molecule has 2 heteroatoms. The topological polar surface area (TPSA) is 26.3 Å². The predicted molar refractivity (Wildman–Crippen MR) is 58.3 cm³/mol. The van der Waals surface area contributed by atoms with E-state index >= 15 is 0 Å². The van der Waals surface area contributed by atoms with E-state index in [9.17, 15) is 4.79 Å². The van der Waals surface area contributed by atoms with Crippen LogP contribution in [0.1, 0.15) is 32.3 Å². The molecule has 0 N–H and O–H groups in total. The largest absolute Gasteiger partial charge is 0.454 e. The molecule has 0 saturated carbocycles. The Morgan fingerprint density at radius 1 is 1.40 bits per heavy atom. The van der Waals surface area contributed by atoms with Gasteiger partial charge in [-0.05, 0) is 12.0 Å². The van der Waals surface area contributed by atoms with Crippen molar-refractivity contribution in [2.75, 3.05) is 0 Å². The Morgan fingerprint density at radius 2 is 2.07 bits per heavy atom. The monoisotopic (exact) mass is 204 g/mol. The van der Waals surface area contributed by atoms with E-state index in [1.54, 1.807) is 0 Å². The van der Waals surface area contributed by atoms with Crippen molar-refractivity contribution in [3.05, 3.63) is 35.9 Å². The molecule has 1 fully saturated rings. The van der Waals surface area contributed by atoms with Crippen LogP contribution in [0, 0.1) is 5.92 Å². The lowest BCUT2D eigenvalue weighted by atomic mass is 9.86. The molecule has 1 heterocycles. The van der Waals surface area contributed by atoms with Gasteiger partial charge in [0.15, 0.2) is 0 Å². The van der Waals surface area contributed by atoms with Gasteiger partial charge < -0.3 is 4.74 Å².